The van der Waals surface area contributed by atoms with E-state index in [0.717, 1.165) is 19.3 Å². The molecule has 2 unspecified atom stereocenters. The van der Waals surface area contributed by atoms with Gasteiger partial charge in [-0.3, -0.25) is 4.79 Å². The third kappa shape index (κ3) is 6.01. The number of anilines is 1. The quantitative estimate of drug-likeness (QED) is 0.260. The number of rotatable bonds is 10. The van der Waals surface area contributed by atoms with Gasteiger partial charge in [0.25, 0.3) is 0 Å². The van der Waals surface area contributed by atoms with Crippen LogP contribution in [-0.4, -0.2) is 36.1 Å². The van der Waals surface area contributed by atoms with E-state index in [9.17, 15) is 22.8 Å². The van der Waals surface area contributed by atoms with Crippen LogP contribution in [0.25, 0.3) is 11.3 Å². The van der Waals surface area contributed by atoms with Crippen LogP contribution in [-0.2, 0) is 20.9 Å². The van der Waals surface area contributed by atoms with Crippen molar-refractivity contribution in [3.05, 3.63) is 65.4 Å². The summed E-state index contributed by atoms with van der Waals surface area (Å²) in [4.78, 5) is 25.0. The Bertz CT molecular complexity index is 1440. The fourth-order valence-corrected chi connectivity index (χ4v) is 6.24. The van der Waals surface area contributed by atoms with Crippen LogP contribution in [0.1, 0.15) is 66.6 Å². The number of aromatic nitrogens is 1. The third-order valence-corrected chi connectivity index (χ3v) is 8.32. The number of nitrogens with one attached hydrogen (secondary N) is 1. The van der Waals surface area contributed by atoms with Gasteiger partial charge >= 0.3 is 12.3 Å². The Morgan fingerprint density at radius 1 is 1.02 bits per heavy atom. The highest BCUT2D eigenvalue weighted by Gasteiger charge is 2.51. The normalized spacial score (nSPS) is 23.1. The van der Waals surface area contributed by atoms with Gasteiger partial charge in [-0.15, -0.1) is 13.2 Å². The van der Waals surface area contributed by atoms with E-state index in [-0.39, 0.29) is 53.6 Å². The Morgan fingerprint density at radius 3 is 2.40 bits per heavy atom. The predicted molar refractivity (Wildman–Crippen MR) is 145 cm³/mol. The third-order valence-electron chi connectivity index (χ3n) is 8.32. The lowest BCUT2D eigenvalue weighted by Gasteiger charge is -2.51. The maximum atomic E-state index is 13.1. The van der Waals surface area contributed by atoms with Crippen LogP contribution in [0.3, 0.4) is 0 Å². The summed E-state index contributed by atoms with van der Waals surface area (Å²) >= 11 is 0. The van der Waals surface area contributed by atoms with E-state index in [1.54, 1.807) is 37.3 Å². The minimum Gasteiger partial charge on any atom is -0.462 e. The lowest BCUT2D eigenvalue weighted by Crippen LogP contribution is -2.51. The summed E-state index contributed by atoms with van der Waals surface area (Å²) < 4.78 is 60.4. The van der Waals surface area contributed by atoms with Crippen LogP contribution in [0.15, 0.2) is 53.1 Å². The van der Waals surface area contributed by atoms with Crippen LogP contribution in [0.4, 0.5) is 18.9 Å². The number of nitrogens with zero attached hydrogens (tertiary/aromatic N) is 1. The number of esters is 1. The first-order valence-electron chi connectivity index (χ1n) is 14.2. The number of benzene rings is 2. The van der Waals surface area contributed by atoms with Crippen molar-refractivity contribution in [2.75, 3.05) is 11.9 Å². The summed E-state index contributed by atoms with van der Waals surface area (Å²) in [6.07, 6.45) is -0.691. The molecule has 42 heavy (non-hydrogen) atoms. The first-order chi connectivity index (χ1) is 20.2. The highest BCUT2D eigenvalue weighted by molar-refractivity contribution is 5.95. The number of alkyl halides is 3. The monoisotopic (exact) mass is 584 g/mol. The van der Waals surface area contributed by atoms with E-state index in [4.69, 9.17) is 14.0 Å². The van der Waals surface area contributed by atoms with Crippen LogP contribution in [0.5, 0.6) is 5.75 Å². The zero-order valence-electron chi connectivity index (χ0n) is 23.0. The van der Waals surface area contributed by atoms with Gasteiger partial charge in [-0.05, 0) is 87.3 Å². The predicted octanol–water partition coefficient (Wildman–Crippen LogP) is 6.86. The first-order valence-corrected chi connectivity index (χ1v) is 14.2. The summed E-state index contributed by atoms with van der Waals surface area (Å²) in [5, 5.41) is 7.11. The molecule has 222 valence electrons. The lowest BCUT2D eigenvalue weighted by atomic mass is 9.56. The van der Waals surface area contributed by atoms with E-state index in [1.807, 2.05) is 0 Å². The molecular formula is C31H31F3N2O6. The molecule has 4 aliphatic carbocycles. The largest absolute Gasteiger partial charge is 0.573 e. The topological polar surface area (TPSA) is 99.9 Å². The first kappa shape index (κ1) is 28.3. The molecule has 1 amide bonds. The number of hydrogen-bond donors (Lipinski definition) is 1. The second-order valence-electron chi connectivity index (χ2n) is 11.2. The van der Waals surface area contributed by atoms with Gasteiger partial charge in [0.15, 0.2) is 0 Å². The van der Waals surface area contributed by atoms with Crippen LogP contribution in [0.2, 0.25) is 0 Å². The van der Waals surface area contributed by atoms with Crippen LogP contribution < -0.4 is 10.1 Å². The Kier molecular flexibility index (Phi) is 7.69. The molecule has 1 heterocycles. The average molecular weight is 585 g/mol. The molecular weight excluding hydrogens is 553 g/mol. The molecule has 4 saturated carbocycles. The van der Waals surface area contributed by atoms with Gasteiger partial charge in [0, 0.05) is 28.7 Å². The molecule has 1 aromatic heterocycles. The molecule has 2 bridgehead atoms. The fraction of sp³-hybridized carbons (Fsp3) is 0.452. The molecule has 2 atom stereocenters. The summed E-state index contributed by atoms with van der Waals surface area (Å²) in [6.45, 7) is 2.18. The number of carbonyl (C=O) groups excluding carboxylic acids is 2. The van der Waals surface area contributed by atoms with Crippen molar-refractivity contribution in [3.8, 4) is 17.0 Å². The second kappa shape index (κ2) is 11.4. The average Bonchev–Trinajstić information content (AvgIpc) is 3.71. The minimum atomic E-state index is -4.84. The van der Waals surface area contributed by atoms with Gasteiger partial charge < -0.3 is 24.1 Å². The number of amides is 1. The highest BCUT2D eigenvalue weighted by atomic mass is 19.4. The molecule has 3 aromatic rings. The number of para-hydroxylation sites is 1. The van der Waals surface area contributed by atoms with Gasteiger partial charge in [-0.2, -0.15) is 0 Å². The maximum Gasteiger partial charge on any atom is 0.573 e. The number of halogens is 3. The minimum absolute atomic E-state index is 0.0443. The molecule has 7 rings (SSSR count). The Hall–Kier alpha value is -3.86. The summed E-state index contributed by atoms with van der Waals surface area (Å²) in [6, 6.07) is 12.5. The lowest BCUT2D eigenvalue weighted by molar-refractivity contribution is -0.274. The van der Waals surface area contributed by atoms with Crippen molar-refractivity contribution in [3.63, 3.8) is 0 Å². The molecule has 0 radical (unpaired) electrons. The van der Waals surface area contributed by atoms with Gasteiger partial charge in [0.1, 0.15) is 17.2 Å². The van der Waals surface area contributed by atoms with Crippen LogP contribution >= 0.6 is 0 Å². The maximum absolute atomic E-state index is 13.1. The Morgan fingerprint density at radius 2 is 1.74 bits per heavy atom. The van der Waals surface area contributed by atoms with Gasteiger partial charge in [-0.1, -0.05) is 17.3 Å². The Balaban J connectivity index is 1.09. The molecule has 0 aliphatic heterocycles. The fourth-order valence-electron chi connectivity index (χ4n) is 6.24. The zero-order chi connectivity index (χ0) is 29.4. The van der Waals surface area contributed by atoms with Crippen molar-refractivity contribution in [2.45, 2.75) is 64.0 Å². The van der Waals surface area contributed by atoms with Crippen molar-refractivity contribution >= 4 is 17.6 Å². The van der Waals surface area contributed by atoms with E-state index < -0.39 is 12.3 Å². The molecule has 11 heteroatoms. The van der Waals surface area contributed by atoms with E-state index >= 15 is 0 Å². The SMILES string of the molecule is CCOC(=O)c1ccc(NC(=O)C2C3CC(OCc4c(-c5ccccc5OC(F)(F)F)noc4C4CC4)CC2C3)cc1. The smallest absolute Gasteiger partial charge is 0.462 e. The summed E-state index contributed by atoms with van der Waals surface area (Å²) in [5.74, 6) is 0.281. The summed E-state index contributed by atoms with van der Waals surface area (Å²) in [7, 11) is 0. The number of hydrogen-bond acceptors (Lipinski definition) is 7. The van der Waals surface area contributed by atoms with Gasteiger partial charge in [-0.25, -0.2) is 4.79 Å². The zero-order valence-corrected chi connectivity index (χ0v) is 23.0. The van der Waals surface area contributed by atoms with Crippen molar-refractivity contribution < 1.29 is 41.5 Å². The molecule has 0 spiro atoms. The molecule has 1 N–H and O–H groups in total. The van der Waals surface area contributed by atoms with E-state index in [0.29, 0.717) is 47.7 Å². The molecule has 8 nitrogen and oxygen atoms in total. The van der Waals surface area contributed by atoms with E-state index in [1.165, 1.54) is 18.2 Å². The van der Waals surface area contributed by atoms with Gasteiger partial charge in [0.2, 0.25) is 5.91 Å². The van der Waals surface area contributed by atoms with Gasteiger partial charge in [0.05, 0.1) is 24.9 Å². The van der Waals surface area contributed by atoms with Crippen molar-refractivity contribution in [1.29, 1.82) is 0 Å². The molecule has 0 saturated heterocycles. The van der Waals surface area contributed by atoms with Crippen molar-refractivity contribution in [1.82, 2.24) is 5.16 Å². The standard InChI is InChI=1S/C31H31F3N2O6/c1-2-39-30(38)18-9-11-21(12-10-18)35-29(37)26-19-13-20(26)15-22(14-19)40-16-24-27(36-42-28(24)17-7-8-17)23-5-3-4-6-25(23)41-31(32,33)34/h3-6,9-12,17,19-20,22,26H,2,7-8,13-16H2,1H3,(H,35,37). The number of ether oxygens (including phenoxy) is 3. The summed E-state index contributed by atoms with van der Waals surface area (Å²) in [5.41, 5.74) is 2.18. The number of carbonyl (C=O) groups is 2. The second-order valence-corrected chi connectivity index (χ2v) is 11.2. The Labute approximate surface area is 240 Å². The molecule has 2 aromatic carbocycles. The highest BCUT2D eigenvalue weighted by Crippen LogP contribution is 2.52. The number of fused-ring (bicyclic) bond motifs is 2. The van der Waals surface area contributed by atoms with Crippen LogP contribution in [0, 0.1) is 17.8 Å². The van der Waals surface area contributed by atoms with E-state index in [2.05, 4.69) is 15.2 Å². The van der Waals surface area contributed by atoms with Crippen molar-refractivity contribution in [2.24, 2.45) is 17.8 Å². The molecule has 4 aliphatic rings. The molecule has 4 fully saturated rings.